The minimum Gasteiger partial charge on any atom is -0.455 e. The van der Waals surface area contributed by atoms with Crippen molar-refractivity contribution in [3.05, 3.63) is 63.2 Å². The number of hydrogen-bond donors (Lipinski definition) is 1. The van der Waals surface area contributed by atoms with Crippen molar-refractivity contribution in [2.75, 3.05) is 17.7 Å². The molecule has 7 nitrogen and oxygen atoms in total. The summed E-state index contributed by atoms with van der Waals surface area (Å²) in [6.07, 6.45) is 0. The molecule has 0 atom stereocenters. The quantitative estimate of drug-likeness (QED) is 0.331. The minimum absolute atomic E-state index is 0.0126. The molecule has 0 heterocycles. The number of benzene rings is 2. The number of rotatable bonds is 7. The van der Waals surface area contributed by atoms with Crippen molar-refractivity contribution < 1.29 is 19.2 Å². The summed E-state index contributed by atoms with van der Waals surface area (Å²) < 4.78 is 4.92. The van der Waals surface area contributed by atoms with Crippen LogP contribution in [0.15, 0.2) is 47.4 Å². The van der Waals surface area contributed by atoms with E-state index in [2.05, 4.69) is 5.32 Å². The summed E-state index contributed by atoms with van der Waals surface area (Å²) in [5.74, 6) is -1.04. The number of nitro benzene ring substituents is 1. The number of halogens is 1. The SMILES string of the molecule is Cc1ccc(Cl)cc1NC(=O)COC(=O)CSc1ccc([N+](=O)[O-])cc1. The molecule has 0 saturated carbocycles. The average molecular weight is 395 g/mol. The molecule has 2 aromatic carbocycles. The number of hydrogen-bond acceptors (Lipinski definition) is 6. The standard InChI is InChI=1S/C17H15ClN2O5S/c1-11-2-3-12(18)8-15(11)19-16(21)9-25-17(22)10-26-14-6-4-13(5-7-14)20(23)24/h2-8H,9-10H2,1H3,(H,19,21). The van der Waals surface area contributed by atoms with Crippen LogP contribution in [0.25, 0.3) is 0 Å². The summed E-state index contributed by atoms with van der Waals surface area (Å²) >= 11 is 7.04. The fraction of sp³-hybridized carbons (Fsp3) is 0.176. The van der Waals surface area contributed by atoms with Crippen molar-refractivity contribution in [1.82, 2.24) is 0 Å². The van der Waals surface area contributed by atoms with E-state index in [-0.39, 0.29) is 11.4 Å². The van der Waals surface area contributed by atoms with Crippen LogP contribution < -0.4 is 5.32 Å². The molecule has 1 N–H and O–H groups in total. The van der Waals surface area contributed by atoms with Crippen molar-refractivity contribution in [3.8, 4) is 0 Å². The monoisotopic (exact) mass is 394 g/mol. The molecule has 0 aromatic heterocycles. The lowest BCUT2D eigenvalue weighted by atomic mass is 10.2. The summed E-state index contributed by atoms with van der Waals surface area (Å²) in [4.78, 5) is 34.3. The lowest BCUT2D eigenvalue weighted by molar-refractivity contribution is -0.384. The van der Waals surface area contributed by atoms with E-state index in [1.807, 2.05) is 6.92 Å². The van der Waals surface area contributed by atoms with Gasteiger partial charge in [-0.25, -0.2) is 0 Å². The van der Waals surface area contributed by atoms with E-state index < -0.39 is 23.4 Å². The normalized spacial score (nSPS) is 10.2. The van der Waals surface area contributed by atoms with Gasteiger partial charge in [0, 0.05) is 27.7 Å². The number of esters is 1. The van der Waals surface area contributed by atoms with Crippen LogP contribution in [0, 0.1) is 17.0 Å². The van der Waals surface area contributed by atoms with E-state index in [0.717, 1.165) is 17.3 Å². The van der Waals surface area contributed by atoms with Crippen LogP contribution in [-0.2, 0) is 14.3 Å². The number of amides is 1. The van der Waals surface area contributed by atoms with Crippen LogP contribution in [0.5, 0.6) is 0 Å². The number of nitro groups is 1. The molecule has 0 radical (unpaired) electrons. The third kappa shape index (κ3) is 6.05. The smallest absolute Gasteiger partial charge is 0.316 e. The number of aryl methyl sites for hydroxylation is 1. The Morgan fingerprint density at radius 3 is 2.58 bits per heavy atom. The van der Waals surface area contributed by atoms with Gasteiger partial charge < -0.3 is 10.1 Å². The molecule has 0 saturated heterocycles. The molecule has 136 valence electrons. The highest BCUT2D eigenvalue weighted by Crippen LogP contribution is 2.22. The number of thioether (sulfide) groups is 1. The van der Waals surface area contributed by atoms with Crippen LogP contribution in [0.3, 0.4) is 0 Å². The van der Waals surface area contributed by atoms with Gasteiger partial charge in [0.15, 0.2) is 6.61 Å². The van der Waals surface area contributed by atoms with E-state index in [1.54, 1.807) is 30.3 Å². The van der Waals surface area contributed by atoms with Crippen LogP contribution in [-0.4, -0.2) is 29.2 Å². The summed E-state index contributed by atoms with van der Waals surface area (Å²) in [6.45, 7) is 1.41. The molecule has 0 aliphatic carbocycles. The Hall–Kier alpha value is -2.58. The van der Waals surface area contributed by atoms with Crippen molar-refractivity contribution in [1.29, 1.82) is 0 Å². The second kappa shape index (κ2) is 9.21. The molecular weight excluding hydrogens is 380 g/mol. The van der Waals surface area contributed by atoms with Crippen molar-refractivity contribution in [3.63, 3.8) is 0 Å². The molecule has 2 rings (SSSR count). The highest BCUT2D eigenvalue weighted by molar-refractivity contribution is 8.00. The first-order valence-electron chi connectivity index (χ1n) is 7.44. The van der Waals surface area contributed by atoms with Gasteiger partial charge in [-0.1, -0.05) is 17.7 Å². The summed E-state index contributed by atoms with van der Waals surface area (Å²) in [7, 11) is 0. The van der Waals surface area contributed by atoms with Crippen molar-refractivity contribution in [2.24, 2.45) is 0 Å². The first kappa shape index (κ1) is 19.7. The van der Waals surface area contributed by atoms with Gasteiger partial charge in [-0.3, -0.25) is 19.7 Å². The zero-order valence-corrected chi connectivity index (χ0v) is 15.3. The maximum atomic E-state index is 11.9. The molecule has 0 aliphatic heterocycles. The first-order valence-corrected chi connectivity index (χ1v) is 8.80. The molecule has 0 spiro atoms. The lowest BCUT2D eigenvalue weighted by Crippen LogP contribution is -2.22. The number of anilines is 1. The Kier molecular flexibility index (Phi) is 6.99. The van der Waals surface area contributed by atoms with E-state index in [0.29, 0.717) is 15.6 Å². The summed E-state index contributed by atoms with van der Waals surface area (Å²) in [5, 5.41) is 13.7. The predicted molar refractivity (Wildman–Crippen MR) is 99.6 cm³/mol. The Morgan fingerprint density at radius 2 is 1.92 bits per heavy atom. The molecule has 26 heavy (non-hydrogen) atoms. The van der Waals surface area contributed by atoms with E-state index in [1.165, 1.54) is 12.1 Å². The second-order valence-electron chi connectivity index (χ2n) is 5.21. The van der Waals surface area contributed by atoms with Crippen LogP contribution in [0.1, 0.15) is 5.56 Å². The summed E-state index contributed by atoms with van der Waals surface area (Å²) in [6, 6.07) is 10.9. The number of ether oxygens (including phenoxy) is 1. The molecule has 0 unspecified atom stereocenters. The molecule has 2 aromatic rings. The Balaban J connectivity index is 1.76. The molecule has 0 bridgehead atoms. The van der Waals surface area contributed by atoms with Crippen LogP contribution in [0.2, 0.25) is 5.02 Å². The topological polar surface area (TPSA) is 98.5 Å². The van der Waals surface area contributed by atoms with Gasteiger partial charge in [-0.15, -0.1) is 11.8 Å². The number of non-ortho nitro benzene ring substituents is 1. The Morgan fingerprint density at radius 1 is 1.23 bits per heavy atom. The van der Waals surface area contributed by atoms with E-state index in [9.17, 15) is 19.7 Å². The van der Waals surface area contributed by atoms with Crippen LogP contribution >= 0.6 is 23.4 Å². The largest absolute Gasteiger partial charge is 0.455 e. The molecular formula is C17H15ClN2O5S. The predicted octanol–water partition coefficient (Wildman–Crippen LogP) is 3.83. The van der Waals surface area contributed by atoms with Gasteiger partial charge in [-0.2, -0.15) is 0 Å². The summed E-state index contributed by atoms with van der Waals surface area (Å²) in [5.41, 5.74) is 1.37. The van der Waals surface area contributed by atoms with E-state index >= 15 is 0 Å². The Labute approximate surface area is 158 Å². The highest BCUT2D eigenvalue weighted by Gasteiger charge is 2.11. The van der Waals surface area contributed by atoms with Crippen LogP contribution in [0.4, 0.5) is 11.4 Å². The maximum Gasteiger partial charge on any atom is 0.316 e. The van der Waals surface area contributed by atoms with Gasteiger partial charge >= 0.3 is 5.97 Å². The average Bonchev–Trinajstić information content (AvgIpc) is 2.61. The third-order valence-corrected chi connectivity index (χ3v) is 4.46. The third-order valence-electron chi connectivity index (χ3n) is 3.24. The molecule has 0 fully saturated rings. The van der Waals surface area contributed by atoms with Gasteiger partial charge in [-0.05, 0) is 36.8 Å². The maximum absolute atomic E-state index is 11.9. The van der Waals surface area contributed by atoms with Crippen molar-refractivity contribution in [2.45, 2.75) is 11.8 Å². The van der Waals surface area contributed by atoms with Gasteiger partial charge in [0.2, 0.25) is 0 Å². The minimum atomic E-state index is -0.564. The Bertz CT molecular complexity index is 826. The van der Waals surface area contributed by atoms with E-state index in [4.69, 9.17) is 16.3 Å². The van der Waals surface area contributed by atoms with Gasteiger partial charge in [0.25, 0.3) is 11.6 Å². The molecule has 9 heteroatoms. The van der Waals surface area contributed by atoms with Crippen molar-refractivity contribution >= 4 is 46.6 Å². The molecule has 1 amide bonds. The molecule has 0 aliphatic rings. The number of nitrogens with one attached hydrogen (secondary N) is 1. The number of carbonyl (C=O) groups excluding carboxylic acids is 2. The highest BCUT2D eigenvalue weighted by atomic mass is 35.5. The number of nitrogens with zero attached hydrogens (tertiary/aromatic N) is 1. The van der Waals surface area contributed by atoms with Gasteiger partial charge in [0.1, 0.15) is 0 Å². The zero-order valence-electron chi connectivity index (χ0n) is 13.7. The zero-order chi connectivity index (χ0) is 19.1. The number of carbonyl (C=O) groups is 2. The first-order chi connectivity index (χ1) is 12.3. The fourth-order valence-electron chi connectivity index (χ4n) is 1.91. The second-order valence-corrected chi connectivity index (χ2v) is 6.69. The fourth-order valence-corrected chi connectivity index (χ4v) is 2.78. The lowest BCUT2D eigenvalue weighted by Gasteiger charge is -2.09. The van der Waals surface area contributed by atoms with Gasteiger partial charge in [0.05, 0.1) is 10.7 Å².